The summed E-state index contributed by atoms with van der Waals surface area (Å²) in [7, 11) is 0. The van der Waals surface area contributed by atoms with E-state index in [1.807, 2.05) is 11.1 Å². The molecule has 1 saturated heterocycles. The summed E-state index contributed by atoms with van der Waals surface area (Å²) in [6, 6.07) is 8.93. The van der Waals surface area contributed by atoms with Gasteiger partial charge in [-0.2, -0.15) is 0 Å². The predicted molar refractivity (Wildman–Crippen MR) is 88.5 cm³/mol. The fourth-order valence-corrected chi connectivity index (χ4v) is 2.70. The van der Waals surface area contributed by atoms with Gasteiger partial charge in [-0.05, 0) is 5.56 Å². The van der Waals surface area contributed by atoms with E-state index in [9.17, 15) is 19.5 Å². The summed E-state index contributed by atoms with van der Waals surface area (Å²) in [6.45, 7) is -0.439. The summed E-state index contributed by atoms with van der Waals surface area (Å²) in [5.41, 5.74) is -1.27. The SMILES string of the molecule is O=C(OCc1ccccc1)c1cn([C@H]2C[C@@H](O)[C@H](CO)O2)c(=O)[nH]c1=O. The molecule has 0 bridgehead atoms. The van der Waals surface area contributed by atoms with E-state index in [-0.39, 0.29) is 18.6 Å². The van der Waals surface area contributed by atoms with Crippen molar-refractivity contribution in [3.63, 3.8) is 0 Å². The number of aliphatic hydroxyl groups excluding tert-OH is 2. The number of hydrogen-bond donors (Lipinski definition) is 3. The standard InChI is InChI=1S/C17H18N2O7/c20-8-13-12(21)6-14(26-13)19-7-11(15(22)18-17(19)24)16(23)25-9-10-4-2-1-3-5-10/h1-5,7,12-14,20-21H,6,8-9H2,(H,18,22,24)/t12-,13+,14-/m1/s1. The molecular formula is C17H18N2O7. The van der Waals surface area contributed by atoms with Crippen molar-refractivity contribution in [1.29, 1.82) is 0 Å². The first kappa shape index (κ1) is 18.1. The molecule has 3 atom stereocenters. The van der Waals surface area contributed by atoms with E-state index < -0.39 is 42.3 Å². The third-order valence-electron chi connectivity index (χ3n) is 4.09. The fraction of sp³-hybridized carbons (Fsp3) is 0.353. The molecule has 9 nitrogen and oxygen atoms in total. The molecule has 2 heterocycles. The molecule has 0 spiro atoms. The average Bonchev–Trinajstić information content (AvgIpc) is 3.01. The number of aromatic amines is 1. The van der Waals surface area contributed by atoms with Gasteiger partial charge in [-0.1, -0.05) is 30.3 Å². The zero-order valence-electron chi connectivity index (χ0n) is 13.7. The monoisotopic (exact) mass is 362 g/mol. The zero-order chi connectivity index (χ0) is 18.7. The second kappa shape index (κ2) is 7.65. The number of nitrogens with one attached hydrogen (secondary N) is 1. The van der Waals surface area contributed by atoms with Crippen LogP contribution in [0.4, 0.5) is 0 Å². The minimum atomic E-state index is -0.961. The number of carbonyl (C=O) groups excluding carboxylic acids is 1. The Kier molecular flexibility index (Phi) is 5.31. The van der Waals surface area contributed by atoms with Gasteiger partial charge in [0, 0.05) is 12.6 Å². The maximum absolute atomic E-state index is 12.2. The van der Waals surface area contributed by atoms with Crippen LogP contribution < -0.4 is 11.2 Å². The van der Waals surface area contributed by atoms with E-state index in [1.165, 1.54) is 0 Å². The lowest BCUT2D eigenvalue weighted by atomic mass is 10.2. The van der Waals surface area contributed by atoms with Crippen LogP contribution in [0.2, 0.25) is 0 Å². The van der Waals surface area contributed by atoms with Gasteiger partial charge in [-0.15, -0.1) is 0 Å². The maximum Gasteiger partial charge on any atom is 0.345 e. The van der Waals surface area contributed by atoms with Crippen LogP contribution in [0.5, 0.6) is 0 Å². The number of rotatable bonds is 5. The molecule has 3 N–H and O–H groups in total. The minimum absolute atomic E-state index is 0.0243. The number of carbonyl (C=O) groups is 1. The summed E-state index contributed by atoms with van der Waals surface area (Å²) in [5.74, 6) is -0.888. The van der Waals surface area contributed by atoms with Crippen molar-refractivity contribution < 1.29 is 24.5 Å². The molecule has 3 rings (SSSR count). The quantitative estimate of drug-likeness (QED) is 0.613. The van der Waals surface area contributed by atoms with Gasteiger partial charge in [0.15, 0.2) is 0 Å². The van der Waals surface area contributed by atoms with E-state index in [1.54, 1.807) is 24.3 Å². The van der Waals surface area contributed by atoms with Crippen LogP contribution in [-0.2, 0) is 16.1 Å². The molecule has 26 heavy (non-hydrogen) atoms. The molecule has 0 amide bonds. The van der Waals surface area contributed by atoms with E-state index in [0.717, 1.165) is 16.3 Å². The van der Waals surface area contributed by atoms with Crippen LogP contribution in [0.25, 0.3) is 0 Å². The van der Waals surface area contributed by atoms with Crippen LogP contribution in [-0.4, -0.2) is 44.5 Å². The van der Waals surface area contributed by atoms with Crippen LogP contribution in [0.15, 0.2) is 46.1 Å². The van der Waals surface area contributed by atoms with E-state index >= 15 is 0 Å². The van der Waals surface area contributed by atoms with Gasteiger partial charge in [-0.3, -0.25) is 14.3 Å². The van der Waals surface area contributed by atoms with Crippen molar-refractivity contribution in [3.05, 3.63) is 68.5 Å². The molecule has 1 fully saturated rings. The van der Waals surface area contributed by atoms with Gasteiger partial charge in [0.05, 0.1) is 12.7 Å². The van der Waals surface area contributed by atoms with Crippen LogP contribution in [0, 0.1) is 0 Å². The molecule has 0 aliphatic carbocycles. The first-order valence-corrected chi connectivity index (χ1v) is 8.00. The van der Waals surface area contributed by atoms with Gasteiger partial charge in [-0.25, -0.2) is 9.59 Å². The lowest BCUT2D eigenvalue weighted by Gasteiger charge is -2.15. The first-order valence-electron chi connectivity index (χ1n) is 8.00. The van der Waals surface area contributed by atoms with Crippen molar-refractivity contribution in [1.82, 2.24) is 9.55 Å². The van der Waals surface area contributed by atoms with Crippen molar-refractivity contribution in [3.8, 4) is 0 Å². The molecule has 1 aromatic heterocycles. The topological polar surface area (TPSA) is 131 Å². The summed E-state index contributed by atoms with van der Waals surface area (Å²) < 4.78 is 11.5. The van der Waals surface area contributed by atoms with E-state index in [2.05, 4.69) is 0 Å². The second-order valence-corrected chi connectivity index (χ2v) is 5.89. The highest BCUT2D eigenvalue weighted by Crippen LogP contribution is 2.27. The Morgan fingerprint density at radius 2 is 2.04 bits per heavy atom. The Bertz CT molecular complexity index is 890. The first-order chi connectivity index (χ1) is 12.5. The van der Waals surface area contributed by atoms with Gasteiger partial charge in [0.25, 0.3) is 5.56 Å². The third-order valence-corrected chi connectivity index (χ3v) is 4.09. The average molecular weight is 362 g/mol. The highest BCUT2D eigenvalue weighted by molar-refractivity contribution is 5.88. The molecule has 0 radical (unpaired) electrons. The summed E-state index contributed by atoms with van der Waals surface area (Å²) in [5, 5.41) is 18.9. The van der Waals surface area contributed by atoms with Crippen LogP contribution in [0.3, 0.4) is 0 Å². The molecule has 9 heteroatoms. The highest BCUT2D eigenvalue weighted by atomic mass is 16.5. The second-order valence-electron chi connectivity index (χ2n) is 5.89. The number of nitrogens with zero attached hydrogens (tertiary/aromatic N) is 1. The Morgan fingerprint density at radius 1 is 1.31 bits per heavy atom. The van der Waals surface area contributed by atoms with Gasteiger partial charge in [0.2, 0.25) is 0 Å². The van der Waals surface area contributed by atoms with E-state index in [0.29, 0.717) is 0 Å². The Morgan fingerprint density at radius 3 is 2.69 bits per heavy atom. The molecule has 0 unspecified atom stereocenters. The number of hydrogen-bond acceptors (Lipinski definition) is 7. The molecular weight excluding hydrogens is 344 g/mol. The number of ether oxygens (including phenoxy) is 2. The van der Waals surface area contributed by atoms with Gasteiger partial charge in [0.1, 0.15) is 24.5 Å². The smallest absolute Gasteiger partial charge is 0.345 e. The molecule has 0 saturated carbocycles. The van der Waals surface area contributed by atoms with Gasteiger partial charge >= 0.3 is 11.7 Å². The Labute approximate surface area is 147 Å². The lowest BCUT2D eigenvalue weighted by Crippen LogP contribution is -2.36. The summed E-state index contributed by atoms with van der Waals surface area (Å²) in [4.78, 5) is 38.2. The maximum atomic E-state index is 12.2. The number of aliphatic hydroxyl groups is 2. The number of benzene rings is 1. The molecule has 1 aliphatic heterocycles. The van der Waals surface area contributed by atoms with Gasteiger partial charge < -0.3 is 19.7 Å². The molecule has 1 aromatic carbocycles. The molecule has 2 aromatic rings. The highest BCUT2D eigenvalue weighted by Gasteiger charge is 2.35. The zero-order valence-corrected chi connectivity index (χ0v) is 13.7. The van der Waals surface area contributed by atoms with Crippen molar-refractivity contribution >= 4 is 5.97 Å². The largest absolute Gasteiger partial charge is 0.457 e. The van der Waals surface area contributed by atoms with E-state index in [4.69, 9.17) is 14.6 Å². The Hall–Kier alpha value is -2.75. The van der Waals surface area contributed by atoms with Crippen molar-refractivity contribution in [2.45, 2.75) is 31.5 Å². The normalized spacial score (nSPS) is 22.3. The summed E-state index contributed by atoms with van der Waals surface area (Å²) in [6.07, 6.45) is -1.63. The van der Waals surface area contributed by atoms with Crippen molar-refractivity contribution in [2.24, 2.45) is 0 Å². The van der Waals surface area contributed by atoms with Crippen molar-refractivity contribution in [2.75, 3.05) is 6.61 Å². The predicted octanol–water partition coefficient (Wildman–Crippen LogP) is -0.466. The Balaban J connectivity index is 1.81. The fourth-order valence-electron chi connectivity index (χ4n) is 2.70. The minimum Gasteiger partial charge on any atom is -0.457 e. The lowest BCUT2D eigenvalue weighted by molar-refractivity contribution is -0.0460. The number of H-pyrrole nitrogens is 1. The van der Waals surface area contributed by atoms with Crippen LogP contribution >= 0.6 is 0 Å². The van der Waals surface area contributed by atoms with Crippen LogP contribution in [0.1, 0.15) is 28.6 Å². The third kappa shape index (κ3) is 3.74. The molecule has 138 valence electrons. The number of esters is 1. The molecule has 1 aliphatic rings. The summed E-state index contributed by atoms with van der Waals surface area (Å²) >= 11 is 0. The number of aromatic nitrogens is 2.